The van der Waals surface area contributed by atoms with Gasteiger partial charge in [0.15, 0.2) is 0 Å². The van der Waals surface area contributed by atoms with Crippen LogP contribution in [0.4, 0.5) is 17.1 Å². The van der Waals surface area contributed by atoms with Crippen LogP contribution in [0.1, 0.15) is 0 Å². The molecule has 0 bridgehead atoms. The molecule has 1 saturated heterocycles. The first-order valence-corrected chi connectivity index (χ1v) is 9.63. The van der Waals surface area contributed by atoms with Crippen LogP contribution in [-0.4, -0.2) is 48.5 Å². The minimum absolute atomic E-state index is 0.0674. The van der Waals surface area contributed by atoms with Gasteiger partial charge in [-0.05, 0) is 18.2 Å². The fraction of sp³-hybridized carbons (Fsp3) is 0.278. The molecule has 10 heteroatoms. The highest BCUT2D eigenvalue weighted by molar-refractivity contribution is 6.44. The summed E-state index contributed by atoms with van der Waals surface area (Å²) in [7, 11) is 0. The molecule has 0 radical (unpaired) electrons. The SMILES string of the molecule is O=C(CN1CCN(c2cccc([N+](=O)[O-])c2)CC1)Nc1cc(Cl)c(Cl)cc1Cl. The van der Waals surface area contributed by atoms with E-state index in [4.69, 9.17) is 34.8 Å². The fourth-order valence-electron chi connectivity index (χ4n) is 2.98. The largest absolute Gasteiger partial charge is 0.369 e. The van der Waals surface area contributed by atoms with Crippen molar-refractivity contribution in [3.8, 4) is 0 Å². The summed E-state index contributed by atoms with van der Waals surface area (Å²) in [5.41, 5.74) is 1.29. The van der Waals surface area contributed by atoms with Crippen molar-refractivity contribution in [2.24, 2.45) is 0 Å². The van der Waals surface area contributed by atoms with E-state index >= 15 is 0 Å². The van der Waals surface area contributed by atoms with Gasteiger partial charge in [0.05, 0.1) is 32.2 Å². The van der Waals surface area contributed by atoms with E-state index in [2.05, 4.69) is 10.2 Å². The number of halogens is 3. The Hall–Kier alpha value is -2.06. The van der Waals surface area contributed by atoms with Gasteiger partial charge in [0.25, 0.3) is 5.69 Å². The number of nitrogens with zero attached hydrogens (tertiary/aromatic N) is 3. The summed E-state index contributed by atoms with van der Waals surface area (Å²) < 4.78 is 0. The van der Waals surface area contributed by atoms with Crippen LogP contribution in [0.15, 0.2) is 36.4 Å². The molecule has 0 aliphatic carbocycles. The van der Waals surface area contributed by atoms with E-state index in [9.17, 15) is 14.9 Å². The molecule has 28 heavy (non-hydrogen) atoms. The summed E-state index contributed by atoms with van der Waals surface area (Å²) in [6.45, 7) is 2.86. The van der Waals surface area contributed by atoms with Crippen molar-refractivity contribution in [1.29, 1.82) is 0 Å². The predicted octanol–water partition coefficient (Wildman–Crippen LogP) is 4.32. The zero-order valence-electron chi connectivity index (χ0n) is 14.7. The van der Waals surface area contributed by atoms with Crippen LogP contribution in [0.2, 0.25) is 15.1 Å². The lowest BCUT2D eigenvalue weighted by atomic mass is 10.2. The maximum absolute atomic E-state index is 12.3. The molecule has 1 amide bonds. The minimum Gasteiger partial charge on any atom is -0.369 e. The molecule has 7 nitrogen and oxygen atoms in total. The molecule has 0 spiro atoms. The monoisotopic (exact) mass is 442 g/mol. The Morgan fingerprint density at radius 3 is 2.39 bits per heavy atom. The van der Waals surface area contributed by atoms with Gasteiger partial charge in [-0.2, -0.15) is 0 Å². The van der Waals surface area contributed by atoms with Gasteiger partial charge in [-0.25, -0.2) is 0 Å². The number of hydrogen-bond acceptors (Lipinski definition) is 5. The number of amides is 1. The normalized spacial score (nSPS) is 14.8. The maximum Gasteiger partial charge on any atom is 0.271 e. The first-order valence-electron chi connectivity index (χ1n) is 8.49. The van der Waals surface area contributed by atoms with Gasteiger partial charge in [0.2, 0.25) is 5.91 Å². The highest BCUT2D eigenvalue weighted by Crippen LogP contribution is 2.32. The van der Waals surface area contributed by atoms with Crippen LogP contribution in [-0.2, 0) is 4.79 Å². The average molecular weight is 444 g/mol. The highest BCUT2D eigenvalue weighted by Gasteiger charge is 2.21. The van der Waals surface area contributed by atoms with Crippen molar-refractivity contribution >= 4 is 57.8 Å². The Morgan fingerprint density at radius 1 is 1.04 bits per heavy atom. The van der Waals surface area contributed by atoms with E-state index in [-0.39, 0.29) is 18.1 Å². The standard InChI is InChI=1S/C18H17Cl3N4O3/c19-14-9-16(21)17(10-15(14)20)22-18(26)11-23-4-6-24(7-5-23)12-2-1-3-13(8-12)25(27)28/h1-3,8-10H,4-7,11H2,(H,22,26). The molecule has 0 saturated carbocycles. The second kappa shape index (κ2) is 8.96. The van der Waals surface area contributed by atoms with E-state index in [0.29, 0.717) is 46.9 Å². The molecular weight excluding hydrogens is 427 g/mol. The first-order chi connectivity index (χ1) is 13.3. The summed E-state index contributed by atoms with van der Waals surface area (Å²) in [4.78, 5) is 26.9. The van der Waals surface area contributed by atoms with Gasteiger partial charge in [-0.15, -0.1) is 0 Å². The summed E-state index contributed by atoms with van der Waals surface area (Å²) in [5, 5.41) is 14.6. The Morgan fingerprint density at radius 2 is 1.71 bits per heavy atom. The third-order valence-corrected chi connectivity index (χ3v) is 5.46. The van der Waals surface area contributed by atoms with Crippen LogP contribution in [0.3, 0.4) is 0 Å². The number of rotatable bonds is 5. The van der Waals surface area contributed by atoms with Gasteiger partial charge >= 0.3 is 0 Å². The highest BCUT2D eigenvalue weighted by atomic mass is 35.5. The van der Waals surface area contributed by atoms with Crippen molar-refractivity contribution in [1.82, 2.24) is 4.90 Å². The molecule has 2 aromatic rings. The third-order valence-electron chi connectivity index (χ3n) is 4.43. The van der Waals surface area contributed by atoms with E-state index in [0.717, 1.165) is 5.69 Å². The average Bonchev–Trinajstić information content (AvgIpc) is 2.67. The molecule has 1 fully saturated rings. The number of non-ortho nitro benzene ring substituents is 1. The van der Waals surface area contributed by atoms with Crippen LogP contribution < -0.4 is 10.2 Å². The number of piperazine rings is 1. The summed E-state index contributed by atoms with van der Waals surface area (Å²) in [6, 6.07) is 9.56. The molecule has 0 unspecified atom stereocenters. The lowest BCUT2D eigenvalue weighted by Gasteiger charge is -2.35. The number of nitro benzene ring substituents is 1. The molecule has 3 rings (SSSR count). The second-order valence-electron chi connectivity index (χ2n) is 6.33. The maximum atomic E-state index is 12.3. The zero-order valence-corrected chi connectivity index (χ0v) is 17.0. The van der Waals surface area contributed by atoms with Crippen molar-refractivity contribution < 1.29 is 9.72 Å². The van der Waals surface area contributed by atoms with Gasteiger partial charge in [-0.1, -0.05) is 40.9 Å². The van der Waals surface area contributed by atoms with Crippen molar-refractivity contribution in [3.63, 3.8) is 0 Å². The number of hydrogen-bond donors (Lipinski definition) is 1. The van der Waals surface area contributed by atoms with Crippen molar-refractivity contribution in [2.45, 2.75) is 0 Å². The van der Waals surface area contributed by atoms with Gasteiger partial charge in [-0.3, -0.25) is 19.8 Å². The van der Waals surface area contributed by atoms with E-state index < -0.39 is 4.92 Å². The topological polar surface area (TPSA) is 78.7 Å². The summed E-state index contributed by atoms with van der Waals surface area (Å²) >= 11 is 17.9. The number of carbonyl (C=O) groups excluding carboxylic acids is 1. The quantitative estimate of drug-likeness (QED) is 0.423. The molecule has 0 aromatic heterocycles. The lowest BCUT2D eigenvalue weighted by Crippen LogP contribution is -2.48. The molecule has 2 aromatic carbocycles. The minimum atomic E-state index is -0.405. The fourth-order valence-corrected chi connectivity index (χ4v) is 3.57. The number of anilines is 2. The molecular formula is C18H17Cl3N4O3. The second-order valence-corrected chi connectivity index (χ2v) is 7.56. The summed E-state index contributed by atoms with van der Waals surface area (Å²) in [5.74, 6) is -0.205. The number of benzene rings is 2. The molecule has 1 heterocycles. The van der Waals surface area contributed by atoms with Gasteiger partial charge < -0.3 is 10.2 Å². The van der Waals surface area contributed by atoms with E-state index in [1.807, 2.05) is 11.0 Å². The van der Waals surface area contributed by atoms with Crippen LogP contribution >= 0.6 is 34.8 Å². The molecule has 1 N–H and O–H groups in total. The zero-order chi connectivity index (χ0) is 20.3. The Labute approximate surface area is 176 Å². The van der Waals surface area contributed by atoms with Gasteiger partial charge in [0, 0.05) is 44.0 Å². The molecule has 1 aliphatic rings. The number of nitrogens with one attached hydrogen (secondary N) is 1. The van der Waals surface area contributed by atoms with E-state index in [1.165, 1.54) is 18.2 Å². The van der Waals surface area contributed by atoms with Crippen LogP contribution in [0.5, 0.6) is 0 Å². The van der Waals surface area contributed by atoms with Gasteiger partial charge in [0.1, 0.15) is 0 Å². The Balaban J connectivity index is 1.54. The Kier molecular flexibility index (Phi) is 6.61. The molecule has 1 aliphatic heterocycles. The summed E-state index contributed by atoms with van der Waals surface area (Å²) in [6.07, 6.45) is 0. The smallest absolute Gasteiger partial charge is 0.271 e. The third kappa shape index (κ3) is 5.05. The predicted molar refractivity (Wildman–Crippen MR) is 112 cm³/mol. The van der Waals surface area contributed by atoms with Crippen molar-refractivity contribution in [2.75, 3.05) is 42.9 Å². The van der Waals surface area contributed by atoms with Crippen molar-refractivity contribution in [3.05, 3.63) is 61.6 Å². The Bertz CT molecular complexity index is 902. The van der Waals surface area contributed by atoms with Crippen LogP contribution in [0.25, 0.3) is 0 Å². The van der Waals surface area contributed by atoms with Crippen LogP contribution in [0, 0.1) is 10.1 Å². The lowest BCUT2D eigenvalue weighted by molar-refractivity contribution is -0.384. The number of nitro groups is 1. The van der Waals surface area contributed by atoms with E-state index in [1.54, 1.807) is 12.1 Å². The number of carbonyl (C=O) groups is 1. The molecule has 0 atom stereocenters. The first kappa shape index (κ1) is 20.7. The molecule has 148 valence electrons.